The molecule has 0 aliphatic heterocycles. The first-order chi connectivity index (χ1) is 16.3. The lowest BCUT2D eigenvalue weighted by Gasteiger charge is -2.31. The Balaban J connectivity index is 1.77. The number of likely N-dealkylation sites (N-methyl/N-ethyl adjacent to an activating group) is 1. The number of aryl methyl sites for hydroxylation is 1. The van der Waals surface area contributed by atoms with Gasteiger partial charge in [0.1, 0.15) is 18.2 Å². The van der Waals surface area contributed by atoms with E-state index in [1.807, 2.05) is 50.1 Å². The molecule has 1 aromatic heterocycles. The molecule has 9 nitrogen and oxygen atoms in total. The Hall–Kier alpha value is -3.07. The standard InChI is InChI=1S/C25H37N5O4/c1-4-5-14-29-23(26)22(24(32)27-25(29)33)30(19-11-7-8-12-19)21(31)17-28(3)15-16-34-20-13-9-6-10-18(20)2/h6,9-10,13,19H,4-5,7-8,11-12,14-17,26H2,1-3H3,(H,27,32,33). The molecule has 2 aromatic rings. The lowest BCUT2D eigenvalue weighted by atomic mass is 10.2. The highest BCUT2D eigenvalue weighted by Gasteiger charge is 2.32. The van der Waals surface area contributed by atoms with Gasteiger partial charge in [-0.2, -0.15) is 0 Å². The smallest absolute Gasteiger partial charge is 0.330 e. The number of carbonyl (C=O) groups excluding carboxylic acids is 1. The summed E-state index contributed by atoms with van der Waals surface area (Å²) in [6.45, 7) is 5.49. The molecule has 1 heterocycles. The van der Waals surface area contributed by atoms with Gasteiger partial charge in [-0.15, -0.1) is 0 Å². The van der Waals surface area contributed by atoms with Crippen LogP contribution in [0.15, 0.2) is 33.9 Å². The van der Waals surface area contributed by atoms with Gasteiger partial charge < -0.3 is 15.4 Å². The first kappa shape index (κ1) is 25.6. The van der Waals surface area contributed by atoms with Crippen LogP contribution in [0.4, 0.5) is 11.5 Å². The molecule has 1 aromatic carbocycles. The summed E-state index contributed by atoms with van der Waals surface area (Å²) in [7, 11) is 1.85. The van der Waals surface area contributed by atoms with Crippen molar-refractivity contribution in [3.63, 3.8) is 0 Å². The molecule has 1 fully saturated rings. The summed E-state index contributed by atoms with van der Waals surface area (Å²) < 4.78 is 7.23. The van der Waals surface area contributed by atoms with Crippen LogP contribution in [-0.4, -0.2) is 53.1 Å². The Morgan fingerprint density at radius 3 is 2.62 bits per heavy atom. The van der Waals surface area contributed by atoms with Crippen molar-refractivity contribution in [1.82, 2.24) is 14.5 Å². The first-order valence-electron chi connectivity index (χ1n) is 12.1. The molecule has 0 spiro atoms. The van der Waals surface area contributed by atoms with Crippen LogP contribution >= 0.6 is 0 Å². The third kappa shape index (κ3) is 6.08. The summed E-state index contributed by atoms with van der Waals surface area (Å²) in [5.41, 5.74) is 6.34. The lowest BCUT2D eigenvalue weighted by Crippen LogP contribution is -2.49. The normalized spacial score (nSPS) is 14.0. The minimum absolute atomic E-state index is 0.0630. The van der Waals surface area contributed by atoms with Crippen molar-refractivity contribution >= 4 is 17.4 Å². The highest BCUT2D eigenvalue weighted by atomic mass is 16.5. The molecule has 34 heavy (non-hydrogen) atoms. The zero-order valence-corrected chi connectivity index (χ0v) is 20.5. The third-order valence-electron chi connectivity index (χ3n) is 6.38. The number of carbonyl (C=O) groups is 1. The Morgan fingerprint density at radius 1 is 1.24 bits per heavy atom. The van der Waals surface area contributed by atoms with Crippen LogP contribution in [-0.2, 0) is 11.3 Å². The van der Waals surface area contributed by atoms with Crippen molar-refractivity contribution < 1.29 is 9.53 Å². The van der Waals surface area contributed by atoms with E-state index in [0.717, 1.165) is 49.8 Å². The van der Waals surface area contributed by atoms with E-state index in [0.29, 0.717) is 19.7 Å². The molecule has 0 unspecified atom stereocenters. The zero-order valence-electron chi connectivity index (χ0n) is 20.5. The van der Waals surface area contributed by atoms with Gasteiger partial charge in [-0.05, 0) is 44.9 Å². The van der Waals surface area contributed by atoms with Crippen molar-refractivity contribution in [2.45, 2.75) is 65.0 Å². The van der Waals surface area contributed by atoms with Crippen LogP contribution in [0.1, 0.15) is 51.0 Å². The molecule has 0 radical (unpaired) electrons. The lowest BCUT2D eigenvalue weighted by molar-refractivity contribution is -0.120. The first-order valence-corrected chi connectivity index (χ1v) is 12.1. The monoisotopic (exact) mass is 471 g/mol. The van der Waals surface area contributed by atoms with Gasteiger partial charge in [-0.1, -0.05) is 44.4 Å². The van der Waals surface area contributed by atoms with E-state index >= 15 is 0 Å². The average molecular weight is 472 g/mol. The maximum atomic E-state index is 13.5. The number of ether oxygens (including phenoxy) is 1. The summed E-state index contributed by atoms with van der Waals surface area (Å²) in [5.74, 6) is 0.680. The van der Waals surface area contributed by atoms with Gasteiger partial charge in [0.2, 0.25) is 5.91 Å². The number of para-hydroxylation sites is 1. The second kappa shape index (κ2) is 11.9. The van der Waals surface area contributed by atoms with Crippen molar-refractivity contribution in [3.05, 3.63) is 50.7 Å². The van der Waals surface area contributed by atoms with Crippen LogP contribution in [0.5, 0.6) is 5.75 Å². The third-order valence-corrected chi connectivity index (χ3v) is 6.38. The number of hydrogen-bond donors (Lipinski definition) is 2. The summed E-state index contributed by atoms with van der Waals surface area (Å²) in [6, 6.07) is 7.69. The number of aromatic nitrogens is 2. The molecule has 0 bridgehead atoms. The van der Waals surface area contributed by atoms with E-state index in [1.165, 1.54) is 4.57 Å². The van der Waals surface area contributed by atoms with Crippen molar-refractivity contribution in [2.75, 3.05) is 37.4 Å². The van der Waals surface area contributed by atoms with Gasteiger partial charge in [0.05, 0.1) is 6.54 Å². The number of H-pyrrole nitrogens is 1. The number of nitrogens with one attached hydrogen (secondary N) is 1. The molecule has 0 atom stereocenters. The molecule has 3 rings (SSSR count). The largest absolute Gasteiger partial charge is 0.492 e. The van der Waals surface area contributed by atoms with Crippen molar-refractivity contribution in [1.29, 1.82) is 0 Å². The fraction of sp³-hybridized carbons (Fsp3) is 0.560. The minimum Gasteiger partial charge on any atom is -0.492 e. The van der Waals surface area contributed by atoms with Gasteiger partial charge >= 0.3 is 5.69 Å². The van der Waals surface area contributed by atoms with Crippen LogP contribution in [0.25, 0.3) is 0 Å². The van der Waals surface area contributed by atoms with Crippen LogP contribution in [0.3, 0.4) is 0 Å². The topological polar surface area (TPSA) is 114 Å². The highest BCUT2D eigenvalue weighted by Crippen LogP contribution is 2.29. The number of amides is 1. The Labute approximate surface area is 200 Å². The second-order valence-electron chi connectivity index (χ2n) is 9.05. The Kier molecular flexibility index (Phi) is 8.92. The van der Waals surface area contributed by atoms with Gasteiger partial charge in [-0.25, -0.2) is 4.79 Å². The molecule has 186 valence electrons. The molecule has 1 saturated carbocycles. The molecule has 0 saturated heterocycles. The van der Waals surface area contributed by atoms with E-state index in [4.69, 9.17) is 10.5 Å². The summed E-state index contributed by atoms with van der Waals surface area (Å²) in [6.07, 6.45) is 5.21. The molecular weight excluding hydrogens is 434 g/mol. The van der Waals surface area contributed by atoms with E-state index in [2.05, 4.69) is 4.98 Å². The number of nitrogen functional groups attached to an aromatic ring is 1. The molecule has 1 aliphatic rings. The molecule has 1 amide bonds. The minimum atomic E-state index is -0.610. The zero-order chi connectivity index (χ0) is 24.7. The van der Waals surface area contributed by atoms with Crippen LogP contribution in [0, 0.1) is 6.92 Å². The number of unbranched alkanes of at least 4 members (excludes halogenated alkanes) is 1. The fourth-order valence-electron chi connectivity index (χ4n) is 4.44. The van der Waals surface area contributed by atoms with E-state index < -0.39 is 11.2 Å². The van der Waals surface area contributed by atoms with Crippen molar-refractivity contribution in [3.8, 4) is 5.75 Å². The summed E-state index contributed by atoms with van der Waals surface area (Å²) in [4.78, 5) is 44.5. The van der Waals surface area contributed by atoms with Gasteiger partial charge in [-0.3, -0.25) is 24.0 Å². The van der Waals surface area contributed by atoms with Crippen molar-refractivity contribution in [2.24, 2.45) is 0 Å². The average Bonchev–Trinajstić information content (AvgIpc) is 3.32. The predicted molar refractivity (Wildman–Crippen MR) is 135 cm³/mol. The maximum absolute atomic E-state index is 13.5. The molecule has 1 aliphatic carbocycles. The number of hydrogen-bond acceptors (Lipinski definition) is 6. The SMILES string of the molecule is CCCCn1c(N)c(N(C(=O)CN(C)CCOc2ccccc2C)C2CCCC2)c(=O)[nH]c1=O. The van der Waals surface area contributed by atoms with Crippen LogP contribution < -0.4 is 26.6 Å². The van der Waals surface area contributed by atoms with E-state index in [-0.39, 0.29) is 30.0 Å². The second-order valence-corrected chi connectivity index (χ2v) is 9.05. The van der Waals surface area contributed by atoms with Gasteiger partial charge in [0, 0.05) is 19.1 Å². The van der Waals surface area contributed by atoms with Gasteiger partial charge in [0.15, 0.2) is 5.69 Å². The number of aromatic amines is 1. The van der Waals surface area contributed by atoms with E-state index in [1.54, 1.807) is 4.90 Å². The molecule has 3 N–H and O–H groups in total. The Bertz CT molecular complexity index is 1090. The molecular formula is C25H37N5O4. The predicted octanol–water partition coefficient (Wildman–Crippen LogP) is 2.51. The highest BCUT2D eigenvalue weighted by molar-refractivity contribution is 5.97. The Morgan fingerprint density at radius 2 is 1.94 bits per heavy atom. The van der Waals surface area contributed by atoms with Gasteiger partial charge in [0.25, 0.3) is 5.56 Å². The number of nitrogens with two attached hydrogens (primary N) is 1. The van der Waals surface area contributed by atoms with E-state index in [9.17, 15) is 14.4 Å². The van der Waals surface area contributed by atoms with Crippen LogP contribution in [0.2, 0.25) is 0 Å². The summed E-state index contributed by atoms with van der Waals surface area (Å²) >= 11 is 0. The number of rotatable bonds is 11. The summed E-state index contributed by atoms with van der Waals surface area (Å²) in [5, 5.41) is 0. The number of nitrogens with zero attached hydrogens (tertiary/aromatic N) is 3. The maximum Gasteiger partial charge on any atom is 0.330 e. The molecule has 9 heteroatoms. The quantitative estimate of drug-likeness (QED) is 0.521. The fourth-order valence-corrected chi connectivity index (χ4v) is 4.44. The number of benzene rings is 1. The number of anilines is 2.